The molecule has 1 heterocycles. The highest BCUT2D eigenvalue weighted by atomic mass is 127. The number of hydrogen-bond acceptors (Lipinski definition) is 2. The maximum atomic E-state index is 9.05. The Hall–Kier alpha value is 0.650. The summed E-state index contributed by atoms with van der Waals surface area (Å²) in [5.41, 5.74) is 0. The summed E-state index contributed by atoms with van der Waals surface area (Å²) >= 11 is 2.11. The van der Waals surface area contributed by atoms with Gasteiger partial charge in [0.25, 0.3) is 0 Å². The van der Waals surface area contributed by atoms with Gasteiger partial charge in [-0.1, -0.05) is 0 Å². The van der Waals surface area contributed by atoms with Gasteiger partial charge < -0.3 is 9.84 Å². The topological polar surface area (TPSA) is 29.5 Å². The van der Waals surface area contributed by atoms with E-state index < -0.39 is 0 Å². The first kappa shape index (κ1) is 6.77. The quantitative estimate of drug-likeness (QED) is 0.493. The molecule has 1 aliphatic rings. The van der Waals surface area contributed by atoms with Gasteiger partial charge in [-0.25, -0.2) is 0 Å². The summed E-state index contributed by atoms with van der Waals surface area (Å²) < 4.78 is 5.16. The minimum atomic E-state index is -0.232. The molecule has 1 fully saturated rings. The van der Waals surface area contributed by atoms with Crippen LogP contribution in [0.5, 0.6) is 0 Å². The Labute approximate surface area is 62.4 Å². The summed E-state index contributed by atoms with van der Waals surface area (Å²) in [6.07, 6.45) is 1.67. The van der Waals surface area contributed by atoms with E-state index in [-0.39, 0.29) is 10.2 Å². The zero-order valence-electron chi connectivity index (χ0n) is 4.51. The standard InChI is InChI=1S/C5H9IO2/c6-5-4(7)2-1-3-8-5/h4-5,7H,1-3H2. The molecule has 0 amide bonds. The predicted molar refractivity (Wildman–Crippen MR) is 39.0 cm³/mol. The van der Waals surface area contributed by atoms with Crippen molar-refractivity contribution >= 4 is 22.6 Å². The van der Waals surface area contributed by atoms with Crippen LogP contribution >= 0.6 is 22.6 Å². The average molecular weight is 228 g/mol. The van der Waals surface area contributed by atoms with Crippen LogP contribution in [0, 0.1) is 0 Å². The zero-order valence-corrected chi connectivity index (χ0v) is 6.67. The smallest absolute Gasteiger partial charge is 0.134 e. The number of halogens is 1. The lowest BCUT2D eigenvalue weighted by Crippen LogP contribution is -2.28. The van der Waals surface area contributed by atoms with Gasteiger partial charge in [0.1, 0.15) is 4.11 Å². The highest BCUT2D eigenvalue weighted by molar-refractivity contribution is 14.1. The first-order valence-electron chi connectivity index (χ1n) is 2.74. The van der Waals surface area contributed by atoms with E-state index in [4.69, 9.17) is 9.84 Å². The lowest BCUT2D eigenvalue weighted by molar-refractivity contribution is -0.0171. The molecule has 0 saturated carbocycles. The van der Waals surface area contributed by atoms with Gasteiger partial charge >= 0.3 is 0 Å². The van der Waals surface area contributed by atoms with Crippen molar-refractivity contribution in [2.75, 3.05) is 6.61 Å². The Morgan fingerprint density at radius 1 is 1.62 bits per heavy atom. The third-order valence-electron chi connectivity index (χ3n) is 1.22. The van der Waals surface area contributed by atoms with Gasteiger partial charge in [0.2, 0.25) is 0 Å². The fourth-order valence-electron chi connectivity index (χ4n) is 0.730. The fourth-order valence-corrected chi connectivity index (χ4v) is 1.34. The van der Waals surface area contributed by atoms with Gasteiger partial charge in [0.05, 0.1) is 6.10 Å². The summed E-state index contributed by atoms with van der Waals surface area (Å²) in [7, 11) is 0. The van der Waals surface area contributed by atoms with Crippen molar-refractivity contribution in [2.45, 2.75) is 23.1 Å². The third kappa shape index (κ3) is 1.56. The van der Waals surface area contributed by atoms with Crippen molar-refractivity contribution < 1.29 is 9.84 Å². The van der Waals surface area contributed by atoms with Crippen molar-refractivity contribution in [1.29, 1.82) is 0 Å². The second kappa shape index (κ2) is 2.98. The summed E-state index contributed by atoms with van der Waals surface area (Å²) in [6.45, 7) is 0.810. The molecule has 2 unspecified atom stereocenters. The summed E-state index contributed by atoms with van der Waals surface area (Å²) in [5, 5.41) is 9.05. The van der Waals surface area contributed by atoms with Crippen molar-refractivity contribution in [3.8, 4) is 0 Å². The molecule has 0 aromatic carbocycles. The van der Waals surface area contributed by atoms with Crippen LogP contribution in [0.1, 0.15) is 12.8 Å². The number of aliphatic hydroxyl groups excluding tert-OH is 1. The van der Waals surface area contributed by atoms with Crippen LogP contribution in [-0.4, -0.2) is 21.9 Å². The van der Waals surface area contributed by atoms with Crippen molar-refractivity contribution in [3.63, 3.8) is 0 Å². The maximum absolute atomic E-state index is 9.05. The SMILES string of the molecule is OC1CCCOC1I. The van der Waals surface area contributed by atoms with Gasteiger partial charge in [-0.2, -0.15) is 0 Å². The molecular formula is C5H9IO2. The molecule has 0 bridgehead atoms. The van der Waals surface area contributed by atoms with Crippen molar-refractivity contribution in [1.82, 2.24) is 0 Å². The monoisotopic (exact) mass is 228 g/mol. The average Bonchev–Trinajstić information content (AvgIpc) is 1.77. The highest BCUT2D eigenvalue weighted by Crippen LogP contribution is 2.18. The van der Waals surface area contributed by atoms with E-state index in [1.165, 1.54) is 0 Å². The van der Waals surface area contributed by atoms with Crippen LogP contribution in [0.25, 0.3) is 0 Å². The number of aliphatic hydroxyl groups is 1. The number of rotatable bonds is 0. The molecule has 0 aromatic rings. The molecule has 0 aromatic heterocycles. The van der Waals surface area contributed by atoms with Gasteiger partial charge in [0.15, 0.2) is 0 Å². The highest BCUT2D eigenvalue weighted by Gasteiger charge is 2.19. The van der Waals surface area contributed by atoms with E-state index in [0.717, 1.165) is 19.4 Å². The molecule has 3 heteroatoms. The Kier molecular flexibility index (Phi) is 2.52. The van der Waals surface area contributed by atoms with Gasteiger partial charge in [-0.05, 0) is 35.4 Å². The second-order valence-electron chi connectivity index (χ2n) is 1.93. The van der Waals surface area contributed by atoms with Gasteiger partial charge in [-0.3, -0.25) is 0 Å². The van der Waals surface area contributed by atoms with E-state index in [1.807, 2.05) is 0 Å². The van der Waals surface area contributed by atoms with Crippen LogP contribution in [-0.2, 0) is 4.74 Å². The molecule has 1 rings (SSSR count). The fraction of sp³-hybridized carbons (Fsp3) is 1.00. The summed E-state index contributed by atoms with van der Waals surface area (Å²) in [4.78, 5) is 0. The largest absolute Gasteiger partial charge is 0.390 e. The van der Waals surface area contributed by atoms with Crippen molar-refractivity contribution in [3.05, 3.63) is 0 Å². The number of ether oxygens (including phenoxy) is 1. The lowest BCUT2D eigenvalue weighted by Gasteiger charge is -2.22. The number of alkyl halides is 1. The molecule has 0 aliphatic carbocycles. The lowest BCUT2D eigenvalue weighted by atomic mass is 10.2. The Morgan fingerprint density at radius 2 is 2.38 bits per heavy atom. The minimum Gasteiger partial charge on any atom is -0.390 e. The predicted octanol–water partition coefficient (Wildman–Crippen LogP) is 0.919. The summed E-state index contributed by atoms with van der Waals surface area (Å²) in [6, 6.07) is 0. The van der Waals surface area contributed by atoms with E-state index in [1.54, 1.807) is 0 Å². The molecule has 0 spiro atoms. The first-order chi connectivity index (χ1) is 3.80. The molecule has 0 radical (unpaired) electrons. The Balaban J connectivity index is 2.28. The van der Waals surface area contributed by atoms with Crippen LogP contribution < -0.4 is 0 Å². The van der Waals surface area contributed by atoms with Crippen LogP contribution in [0.4, 0.5) is 0 Å². The summed E-state index contributed by atoms with van der Waals surface area (Å²) in [5.74, 6) is 0. The molecule has 1 N–H and O–H groups in total. The third-order valence-corrected chi connectivity index (χ3v) is 2.41. The Morgan fingerprint density at radius 3 is 2.75 bits per heavy atom. The van der Waals surface area contributed by atoms with Gasteiger partial charge in [0, 0.05) is 6.61 Å². The maximum Gasteiger partial charge on any atom is 0.134 e. The molecule has 1 aliphatic heterocycles. The number of hydrogen-bond donors (Lipinski definition) is 1. The van der Waals surface area contributed by atoms with Crippen LogP contribution in [0.3, 0.4) is 0 Å². The van der Waals surface area contributed by atoms with Crippen LogP contribution in [0.2, 0.25) is 0 Å². The first-order valence-corrected chi connectivity index (χ1v) is 3.99. The van der Waals surface area contributed by atoms with Crippen molar-refractivity contribution in [2.24, 2.45) is 0 Å². The van der Waals surface area contributed by atoms with E-state index in [9.17, 15) is 0 Å². The molecule has 1 saturated heterocycles. The van der Waals surface area contributed by atoms with E-state index in [2.05, 4.69) is 22.6 Å². The van der Waals surface area contributed by atoms with E-state index >= 15 is 0 Å². The van der Waals surface area contributed by atoms with E-state index in [0.29, 0.717) is 0 Å². The molecule has 2 atom stereocenters. The Bertz CT molecular complexity index is 66.8. The minimum absolute atomic E-state index is 0.0290. The van der Waals surface area contributed by atoms with Crippen LogP contribution in [0.15, 0.2) is 0 Å². The normalized spacial score (nSPS) is 39.8. The zero-order chi connectivity index (χ0) is 5.98. The molecular weight excluding hydrogens is 219 g/mol. The second-order valence-corrected chi connectivity index (χ2v) is 3.16. The molecule has 2 nitrogen and oxygen atoms in total. The molecule has 48 valence electrons. The molecule has 8 heavy (non-hydrogen) atoms. The van der Waals surface area contributed by atoms with Gasteiger partial charge in [-0.15, -0.1) is 0 Å².